The summed E-state index contributed by atoms with van der Waals surface area (Å²) in [4.78, 5) is 31.8. The predicted molar refractivity (Wildman–Crippen MR) is 111 cm³/mol. The van der Waals surface area contributed by atoms with Crippen molar-refractivity contribution in [2.45, 2.75) is 53.1 Å². The number of urea groups is 1. The quantitative estimate of drug-likeness (QED) is 0.768. The molecule has 7 nitrogen and oxygen atoms in total. The number of nitrogens with zero attached hydrogens (tertiary/aromatic N) is 3. The van der Waals surface area contributed by atoms with Crippen LogP contribution in [0.2, 0.25) is 0 Å². The first kappa shape index (κ1) is 20.2. The van der Waals surface area contributed by atoms with Gasteiger partial charge in [0.15, 0.2) is 0 Å². The van der Waals surface area contributed by atoms with Crippen molar-refractivity contribution in [3.05, 3.63) is 24.3 Å². The van der Waals surface area contributed by atoms with Crippen molar-refractivity contribution in [2.24, 2.45) is 11.8 Å². The Morgan fingerprint density at radius 3 is 2.57 bits per heavy atom. The highest BCUT2D eigenvalue weighted by atomic mass is 16.2. The Morgan fingerprint density at radius 2 is 1.86 bits per heavy atom. The molecule has 1 atom stereocenters. The van der Waals surface area contributed by atoms with Crippen molar-refractivity contribution in [1.82, 2.24) is 20.2 Å². The summed E-state index contributed by atoms with van der Waals surface area (Å²) in [6.07, 6.45) is 1.52. The van der Waals surface area contributed by atoms with Crippen molar-refractivity contribution >= 4 is 28.9 Å². The number of rotatable bonds is 7. The summed E-state index contributed by atoms with van der Waals surface area (Å²) in [5, 5.41) is 5.90. The first-order valence-corrected chi connectivity index (χ1v) is 10.2. The molecule has 0 fully saturated rings. The lowest BCUT2D eigenvalue weighted by Crippen LogP contribution is -2.51. The Labute approximate surface area is 166 Å². The van der Waals surface area contributed by atoms with Gasteiger partial charge in [0.05, 0.1) is 11.0 Å². The molecular weight excluding hydrogens is 354 g/mol. The Kier molecular flexibility index (Phi) is 6.21. The molecule has 152 valence electrons. The molecule has 28 heavy (non-hydrogen) atoms. The number of carbonyl (C=O) groups is 2. The first-order chi connectivity index (χ1) is 13.4. The van der Waals surface area contributed by atoms with Gasteiger partial charge in [-0.25, -0.2) is 9.78 Å². The molecule has 1 aliphatic rings. The second-order valence-corrected chi connectivity index (χ2v) is 8.31. The normalized spacial score (nSPS) is 14.6. The highest BCUT2D eigenvalue weighted by molar-refractivity contribution is 5.96. The van der Waals surface area contributed by atoms with Crippen molar-refractivity contribution in [3.8, 4) is 0 Å². The molecule has 7 heteroatoms. The molecule has 0 spiro atoms. The van der Waals surface area contributed by atoms with Gasteiger partial charge in [-0.1, -0.05) is 39.8 Å². The number of hydrogen-bond acceptors (Lipinski definition) is 3. The van der Waals surface area contributed by atoms with E-state index in [9.17, 15) is 9.59 Å². The lowest BCUT2D eigenvalue weighted by atomic mass is 10.0. The highest BCUT2D eigenvalue weighted by Gasteiger charge is 2.31. The number of para-hydroxylation sites is 2. The number of fused-ring (bicyclic) bond motifs is 3. The van der Waals surface area contributed by atoms with Gasteiger partial charge in [-0.15, -0.1) is 0 Å². The van der Waals surface area contributed by atoms with E-state index in [-0.39, 0.29) is 11.9 Å². The molecule has 1 aliphatic heterocycles. The predicted octanol–water partition coefficient (Wildman–Crippen LogP) is 3.14. The number of benzene rings is 1. The fraction of sp³-hybridized carbons (Fsp3) is 0.571. The summed E-state index contributed by atoms with van der Waals surface area (Å²) in [5.41, 5.74) is 1.90. The Balaban J connectivity index is 1.70. The minimum absolute atomic E-state index is 0.115. The maximum Gasteiger partial charge on any atom is 0.324 e. The number of hydrogen-bond donors (Lipinski definition) is 2. The summed E-state index contributed by atoms with van der Waals surface area (Å²) in [6.45, 7) is 10.2. The minimum Gasteiger partial charge on any atom is -0.354 e. The van der Waals surface area contributed by atoms with Gasteiger partial charge in [-0.2, -0.15) is 0 Å². The van der Waals surface area contributed by atoms with Crippen LogP contribution >= 0.6 is 0 Å². The van der Waals surface area contributed by atoms with Crippen LogP contribution in [-0.2, 0) is 11.3 Å². The molecule has 0 saturated carbocycles. The Bertz CT molecular complexity index is 842. The van der Waals surface area contributed by atoms with Crippen LogP contribution in [0.25, 0.3) is 11.0 Å². The van der Waals surface area contributed by atoms with E-state index >= 15 is 0 Å². The summed E-state index contributed by atoms with van der Waals surface area (Å²) in [6, 6.07) is 7.06. The molecule has 0 bridgehead atoms. The van der Waals surface area contributed by atoms with Crippen LogP contribution < -0.4 is 15.5 Å². The SMILES string of the molecule is CC(C)CCNC(=O)[C@H](CC(C)C)NC(=O)N1CCn2c1nc1ccccc12. The number of nitrogens with one attached hydrogen (secondary N) is 2. The van der Waals surface area contributed by atoms with Crippen LogP contribution in [0.5, 0.6) is 0 Å². The smallest absolute Gasteiger partial charge is 0.324 e. The molecule has 0 radical (unpaired) electrons. The topological polar surface area (TPSA) is 79.3 Å². The maximum absolute atomic E-state index is 12.9. The lowest BCUT2D eigenvalue weighted by molar-refractivity contribution is -0.123. The zero-order chi connectivity index (χ0) is 20.3. The van der Waals surface area contributed by atoms with Crippen molar-refractivity contribution in [3.63, 3.8) is 0 Å². The van der Waals surface area contributed by atoms with Crippen LogP contribution in [-0.4, -0.2) is 40.6 Å². The van der Waals surface area contributed by atoms with Crippen LogP contribution in [0.4, 0.5) is 10.7 Å². The Hall–Kier alpha value is -2.57. The van der Waals surface area contributed by atoms with E-state index in [2.05, 4.69) is 47.9 Å². The van der Waals surface area contributed by atoms with Crippen molar-refractivity contribution < 1.29 is 9.59 Å². The molecule has 2 N–H and O–H groups in total. The van der Waals surface area contributed by atoms with Gasteiger partial charge in [0.2, 0.25) is 11.9 Å². The number of aromatic nitrogens is 2. The average Bonchev–Trinajstić information content (AvgIpc) is 3.19. The largest absolute Gasteiger partial charge is 0.354 e. The molecule has 0 saturated heterocycles. The number of imidazole rings is 1. The highest BCUT2D eigenvalue weighted by Crippen LogP contribution is 2.27. The van der Waals surface area contributed by atoms with E-state index in [0.29, 0.717) is 43.8 Å². The maximum atomic E-state index is 12.9. The van der Waals surface area contributed by atoms with Gasteiger partial charge in [-0.05, 0) is 36.8 Å². The molecule has 1 aromatic carbocycles. The fourth-order valence-corrected chi connectivity index (χ4v) is 3.52. The summed E-state index contributed by atoms with van der Waals surface area (Å²) in [5.74, 6) is 1.35. The van der Waals surface area contributed by atoms with E-state index < -0.39 is 6.04 Å². The summed E-state index contributed by atoms with van der Waals surface area (Å²) in [7, 11) is 0. The number of amides is 3. The molecule has 2 heterocycles. The van der Waals surface area contributed by atoms with E-state index in [4.69, 9.17) is 0 Å². The first-order valence-electron chi connectivity index (χ1n) is 10.2. The van der Waals surface area contributed by atoms with Gasteiger partial charge < -0.3 is 15.2 Å². The van der Waals surface area contributed by atoms with Gasteiger partial charge in [0.25, 0.3) is 0 Å². The van der Waals surface area contributed by atoms with Crippen molar-refractivity contribution in [1.29, 1.82) is 0 Å². The second-order valence-electron chi connectivity index (χ2n) is 8.31. The van der Waals surface area contributed by atoms with Gasteiger partial charge in [0.1, 0.15) is 6.04 Å². The van der Waals surface area contributed by atoms with Crippen LogP contribution in [0, 0.1) is 11.8 Å². The molecule has 2 aromatic rings. The average molecular weight is 386 g/mol. The van der Waals surface area contributed by atoms with E-state index in [1.807, 2.05) is 24.3 Å². The monoisotopic (exact) mass is 385 g/mol. The van der Waals surface area contributed by atoms with E-state index in [1.54, 1.807) is 4.90 Å². The lowest BCUT2D eigenvalue weighted by Gasteiger charge is -2.23. The third-order valence-electron chi connectivity index (χ3n) is 5.01. The molecule has 1 aromatic heterocycles. The summed E-state index contributed by atoms with van der Waals surface area (Å²) >= 11 is 0. The molecular formula is C21H31N5O2. The van der Waals surface area contributed by atoms with Crippen molar-refractivity contribution in [2.75, 3.05) is 18.0 Å². The van der Waals surface area contributed by atoms with Gasteiger partial charge in [0, 0.05) is 19.6 Å². The van der Waals surface area contributed by atoms with Crippen LogP contribution in [0.1, 0.15) is 40.5 Å². The van der Waals surface area contributed by atoms with Crippen LogP contribution in [0.3, 0.4) is 0 Å². The van der Waals surface area contributed by atoms with Crippen LogP contribution in [0.15, 0.2) is 24.3 Å². The van der Waals surface area contributed by atoms with Gasteiger partial charge in [-0.3, -0.25) is 9.69 Å². The van der Waals surface area contributed by atoms with E-state index in [0.717, 1.165) is 17.5 Å². The molecule has 3 amide bonds. The standard InChI is InChI=1S/C21H31N5O2/c1-14(2)9-10-22-19(27)17(13-15(3)4)24-21(28)26-12-11-25-18-8-6-5-7-16(18)23-20(25)26/h5-8,14-15,17H,9-13H2,1-4H3,(H,22,27)(H,24,28)/t17-/m0/s1. The van der Waals surface area contributed by atoms with E-state index in [1.165, 1.54) is 0 Å². The minimum atomic E-state index is -0.543. The zero-order valence-corrected chi connectivity index (χ0v) is 17.2. The fourth-order valence-electron chi connectivity index (χ4n) is 3.52. The molecule has 0 unspecified atom stereocenters. The summed E-state index contributed by atoms with van der Waals surface area (Å²) < 4.78 is 2.05. The number of carbonyl (C=O) groups excluding carboxylic acids is 2. The van der Waals surface area contributed by atoms with Gasteiger partial charge >= 0.3 is 6.03 Å². The zero-order valence-electron chi connectivity index (χ0n) is 17.2. The molecule has 0 aliphatic carbocycles. The molecule has 3 rings (SSSR count). The Morgan fingerprint density at radius 1 is 1.11 bits per heavy atom. The number of anilines is 1. The second kappa shape index (κ2) is 8.63. The third kappa shape index (κ3) is 4.46. The third-order valence-corrected chi connectivity index (χ3v) is 5.01.